The van der Waals surface area contributed by atoms with Crippen LogP contribution in [0, 0.1) is 13.8 Å². The quantitative estimate of drug-likeness (QED) is 0.335. The third-order valence-corrected chi connectivity index (χ3v) is 7.59. The molecule has 2 aromatic carbocycles. The van der Waals surface area contributed by atoms with E-state index in [9.17, 15) is 4.79 Å². The first-order valence-corrected chi connectivity index (χ1v) is 12.1. The Hall–Kier alpha value is -2.86. The number of nitrogens with zero attached hydrogens (tertiary/aromatic N) is 3. The molecule has 1 atom stereocenters. The molecular weight excluding hydrogens is 478 g/mol. The Kier molecular flexibility index (Phi) is 6.75. The summed E-state index contributed by atoms with van der Waals surface area (Å²) in [7, 11) is 3.58. The molecule has 1 aromatic heterocycles. The number of benzene rings is 2. The van der Waals surface area contributed by atoms with Gasteiger partial charge < -0.3 is 14.5 Å². The van der Waals surface area contributed by atoms with Crippen LogP contribution in [0.25, 0.3) is 11.1 Å². The predicted molar refractivity (Wildman–Crippen MR) is 138 cm³/mol. The van der Waals surface area contributed by atoms with E-state index in [-0.39, 0.29) is 12.1 Å². The van der Waals surface area contributed by atoms with E-state index >= 15 is 0 Å². The zero-order valence-electron chi connectivity index (χ0n) is 19.9. The number of anilines is 3. The molecule has 1 unspecified atom stereocenters. The van der Waals surface area contributed by atoms with Crippen LogP contribution in [0.3, 0.4) is 0 Å². The van der Waals surface area contributed by atoms with Crippen molar-refractivity contribution in [3.05, 3.63) is 69.8 Å². The van der Waals surface area contributed by atoms with E-state index in [1.54, 1.807) is 6.07 Å². The topological polar surface area (TPSA) is 45.7 Å². The summed E-state index contributed by atoms with van der Waals surface area (Å²) < 4.78 is 6.04. The minimum absolute atomic E-state index is 0.202. The van der Waals surface area contributed by atoms with Gasteiger partial charge in [-0.05, 0) is 77.5 Å². The number of unbranched alkanes of at least 4 members (excludes halogenated alkanes) is 1. The van der Waals surface area contributed by atoms with E-state index < -0.39 is 0 Å². The molecule has 6 heteroatoms. The van der Waals surface area contributed by atoms with Crippen molar-refractivity contribution >= 4 is 39.1 Å². The fraction of sp³-hybridized carbons (Fsp3) is 0.333. The van der Waals surface area contributed by atoms with E-state index in [4.69, 9.17) is 9.72 Å². The second kappa shape index (κ2) is 9.56. The second-order valence-electron chi connectivity index (χ2n) is 8.50. The minimum atomic E-state index is -0.329. The zero-order chi connectivity index (χ0) is 23.7. The molecule has 172 valence electrons. The molecule has 0 bridgehead atoms. The van der Waals surface area contributed by atoms with Gasteiger partial charge in [-0.2, -0.15) is 0 Å². The molecule has 1 aliphatic heterocycles. The first-order chi connectivity index (χ1) is 15.9. The van der Waals surface area contributed by atoms with Crippen LogP contribution in [0.5, 0.6) is 0 Å². The standard InChI is InChI=1S/C27H30BrN3O2/c1-6-7-12-23-30(4)25-17(2)24(28)18(3)29-26(25)31(23)20-15-13-19(14-16-20)21-10-8-9-11-22(21)27(32)33-5/h8-11,13-16,23H,6-7,12H2,1-5H3. The van der Waals surface area contributed by atoms with Crippen LogP contribution in [-0.4, -0.2) is 31.3 Å². The fourth-order valence-electron chi connectivity index (χ4n) is 4.69. The number of hydrogen-bond donors (Lipinski definition) is 0. The first-order valence-electron chi connectivity index (χ1n) is 11.4. The van der Waals surface area contributed by atoms with Crippen LogP contribution in [0.4, 0.5) is 17.2 Å². The number of halogens is 1. The lowest BCUT2D eigenvalue weighted by molar-refractivity contribution is 0.0601. The summed E-state index contributed by atoms with van der Waals surface area (Å²) in [6.07, 6.45) is 3.54. The summed E-state index contributed by atoms with van der Waals surface area (Å²) >= 11 is 3.72. The van der Waals surface area contributed by atoms with Crippen molar-refractivity contribution in [2.24, 2.45) is 0 Å². The number of pyridine rings is 1. The largest absolute Gasteiger partial charge is 0.465 e. The number of hydrogen-bond acceptors (Lipinski definition) is 5. The van der Waals surface area contributed by atoms with Crippen molar-refractivity contribution in [3.8, 4) is 11.1 Å². The Balaban J connectivity index is 1.78. The number of rotatable bonds is 6. The van der Waals surface area contributed by atoms with Crippen molar-refractivity contribution in [1.82, 2.24) is 4.98 Å². The average Bonchev–Trinajstić information content (AvgIpc) is 3.11. The smallest absolute Gasteiger partial charge is 0.338 e. The molecular formula is C27H30BrN3O2. The van der Waals surface area contributed by atoms with Gasteiger partial charge in [0, 0.05) is 17.2 Å². The molecule has 4 rings (SSSR count). The Morgan fingerprint density at radius 1 is 1.12 bits per heavy atom. The van der Waals surface area contributed by atoms with E-state index in [2.05, 4.69) is 70.9 Å². The number of aryl methyl sites for hydroxylation is 1. The maximum Gasteiger partial charge on any atom is 0.338 e. The lowest BCUT2D eigenvalue weighted by atomic mass is 9.99. The molecule has 5 nitrogen and oxygen atoms in total. The third-order valence-electron chi connectivity index (χ3n) is 6.42. The molecule has 0 fully saturated rings. The lowest BCUT2D eigenvalue weighted by Crippen LogP contribution is -2.38. The number of fused-ring (bicyclic) bond motifs is 1. The predicted octanol–water partition coefficient (Wildman–Crippen LogP) is 7.02. The highest BCUT2D eigenvalue weighted by Gasteiger charge is 2.37. The number of methoxy groups -OCH3 is 1. The molecule has 33 heavy (non-hydrogen) atoms. The average molecular weight is 508 g/mol. The van der Waals surface area contributed by atoms with Gasteiger partial charge in [0.25, 0.3) is 0 Å². The van der Waals surface area contributed by atoms with E-state index in [1.807, 2.05) is 25.1 Å². The molecule has 0 saturated carbocycles. The van der Waals surface area contributed by atoms with E-state index in [0.717, 1.165) is 52.1 Å². The summed E-state index contributed by atoms with van der Waals surface area (Å²) in [5.41, 5.74) is 6.89. The number of ether oxygens (including phenoxy) is 1. The lowest BCUT2D eigenvalue weighted by Gasteiger charge is -2.30. The van der Waals surface area contributed by atoms with Crippen molar-refractivity contribution in [3.63, 3.8) is 0 Å². The Morgan fingerprint density at radius 3 is 2.48 bits per heavy atom. The Morgan fingerprint density at radius 2 is 1.82 bits per heavy atom. The molecule has 1 aliphatic rings. The van der Waals surface area contributed by atoms with Crippen molar-refractivity contribution < 1.29 is 9.53 Å². The molecule has 0 radical (unpaired) electrons. The van der Waals surface area contributed by atoms with Crippen LogP contribution >= 0.6 is 15.9 Å². The molecule has 0 N–H and O–H groups in total. The maximum atomic E-state index is 12.2. The molecule has 2 heterocycles. The second-order valence-corrected chi connectivity index (χ2v) is 9.29. The van der Waals surface area contributed by atoms with E-state index in [0.29, 0.717) is 5.56 Å². The van der Waals surface area contributed by atoms with Crippen LogP contribution in [0.2, 0.25) is 0 Å². The molecule has 0 aliphatic carbocycles. The number of carbonyl (C=O) groups is 1. The van der Waals surface area contributed by atoms with Gasteiger partial charge in [-0.15, -0.1) is 0 Å². The third kappa shape index (κ3) is 4.12. The number of carbonyl (C=O) groups excluding carboxylic acids is 1. The van der Waals surface area contributed by atoms with Gasteiger partial charge in [-0.25, -0.2) is 9.78 Å². The van der Waals surface area contributed by atoms with Crippen LogP contribution in [0.15, 0.2) is 53.0 Å². The van der Waals surface area contributed by atoms with Gasteiger partial charge in [0.05, 0.1) is 24.1 Å². The highest BCUT2D eigenvalue weighted by molar-refractivity contribution is 9.10. The maximum absolute atomic E-state index is 12.2. The van der Waals surface area contributed by atoms with Crippen molar-refractivity contribution in [1.29, 1.82) is 0 Å². The van der Waals surface area contributed by atoms with Gasteiger partial charge in [0.15, 0.2) is 5.82 Å². The zero-order valence-corrected chi connectivity index (χ0v) is 21.4. The monoisotopic (exact) mass is 507 g/mol. The summed E-state index contributed by atoms with van der Waals surface area (Å²) in [6.45, 7) is 6.42. The summed E-state index contributed by atoms with van der Waals surface area (Å²) in [6, 6.07) is 15.9. The minimum Gasteiger partial charge on any atom is -0.465 e. The summed E-state index contributed by atoms with van der Waals surface area (Å²) in [4.78, 5) is 21.9. The van der Waals surface area contributed by atoms with Gasteiger partial charge in [0.1, 0.15) is 6.17 Å². The normalized spacial score (nSPS) is 15.0. The van der Waals surface area contributed by atoms with Crippen molar-refractivity contribution in [2.75, 3.05) is 24.0 Å². The molecule has 0 saturated heterocycles. The summed E-state index contributed by atoms with van der Waals surface area (Å²) in [5.74, 6) is 0.671. The number of aromatic nitrogens is 1. The molecule has 0 spiro atoms. The van der Waals surface area contributed by atoms with Gasteiger partial charge in [-0.3, -0.25) is 0 Å². The Labute approximate surface area is 204 Å². The highest BCUT2D eigenvalue weighted by Crippen LogP contribution is 2.47. The molecule has 0 amide bonds. The van der Waals surface area contributed by atoms with Crippen LogP contribution < -0.4 is 9.80 Å². The van der Waals surface area contributed by atoms with Crippen molar-refractivity contribution in [2.45, 2.75) is 46.2 Å². The van der Waals surface area contributed by atoms with Gasteiger partial charge in [0.2, 0.25) is 0 Å². The molecule has 3 aromatic rings. The SMILES string of the molecule is CCCCC1N(C)c2c(nc(C)c(Br)c2C)N1c1ccc(-c2ccccc2C(=O)OC)cc1. The highest BCUT2D eigenvalue weighted by atomic mass is 79.9. The van der Waals surface area contributed by atoms with Gasteiger partial charge in [-0.1, -0.05) is 43.7 Å². The van der Waals surface area contributed by atoms with E-state index in [1.165, 1.54) is 18.4 Å². The van der Waals surface area contributed by atoms with Crippen LogP contribution in [0.1, 0.15) is 47.8 Å². The number of esters is 1. The first kappa shape index (κ1) is 23.3. The Bertz CT molecular complexity index is 1180. The van der Waals surface area contributed by atoms with Crippen LogP contribution in [-0.2, 0) is 4.74 Å². The summed E-state index contributed by atoms with van der Waals surface area (Å²) in [5, 5.41) is 0. The fourth-order valence-corrected chi connectivity index (χ4v) is 4.96. The van der Waals surface area contributed by atoms with Gasteiger partial charge >= 0.3 is 5.97 Å².